The zero-order valence-electron chi connectivity index (χ0n) is 12.7. The summed E-state index contributed by atoms with van der Waals surface area (Å²) in [7, 11) is 0. The molecule has 0 spiro atoms. The summed E-state index contributed by atoms with van der Waals surface area (Å²) in [5, 5.41) is 8.25. The molecule has 8 heteroatoms. The third-order valence-corrected chi connectivity index (χ3v) is 5.06. The van der Waals surface area contributed by atoms with E-state index in [0.29, 0.717) is 10.4 Å². The van der Waals surface area contributed by atoms with Crippen molar-refractivity contribution in [3.8, 4) is 0 Å². The van der Waals surface area contributed by atoms with Crippen LogP contribution < -0.4 is 10.6 Å². The molecule has 2 aromatic heterocycles. The first-order valence-electron chi connectivity index (χ1n) is 7.19. The molecule has 0 bridgehead atoms. The molecular weight excluding hydrogens is 366 g/mol. The third kappa shape index (κ3) is 4.09. The number of thiophene rings is 2. The number of para-hydroxylation sites is 1. The maximum atomic E-state index is 13.5. The van der Waals surface area contributed by atoms with Gasteiger partial charge in [0.15, 0.2) is 0 Å². The van der Waals surface area contributed by atoms with Gasteiger partial charge in [0, 0.05) is 15.8 Å². The molecule has 128 valence electrons. The summed E-state index contributed by atoms with van der Waals surface area (Å²) >= 11 is 2.70. The molecule has 0 saturated heterocycles. The number of rotatable bonds is 5. The molecule has 0 aliphatic heterocycles. The molecule has 0 aliphatic carbocycles. The van der Waals surface area contributed by atoms with E-state index in [1.165, 1.54) is 28.7 Å². The summed E-state index contributed by atoms with van der Waals surface area (Å²) in [6.07, 6.45) is 0. The van der Waals surface area contributed by atoms with Crippen molar-refractivity contribution in [3.63, 3.8) is 0 Å². The van der Waals surface area contributed by atoms with Gasteiger partial charge in [-0.25, -0.2) is 13.6 Å². The zero-order chi connectivity index (χ0) is 17.8. The average Bonchev–Trinajstić information content (AvgIpc) is 3.27. The van der Waals surface area contributed by atoms with Crippen LogP contribution in [0.3, 0.4) is 0 Å². The summed E-state index contributed by atoms with van der Waals surface area (Å²) < 4.78 is 27.0. The largest absolute Gasteiger partial charge is 0.333 e. The van der Waals surface area contributed by atoms with Gasteiger partial charge in [-0.1, -0.05) is 6.07 Å². The lowest BCUT2D eigenvalue weighted by Gasteiger charge is -2.08. The molecule has 0 unspecified atom stereocenters. The Hall–Kier alpha value is -2.58. The molecule has 0 atom stereocenters. The lowest BCUT2D eigenvalue weighted by Crippen LogP contribution is -2.28. The van der Waals surface area contributed by atoms with Crippen molar-refractivity contribution in [2.45, 2.75) is 6.54 Å². The van der Waals surface area contributed by atoms with Crippen LogP contribution in [0.1, 0.15) is 20.1 Å². The highest BCUT2D eigenvalue weighted by Crippen LogP contribution is 2.21. The van der Waals surface area contributed by atoms with Crippen LogP contribution in [0.25, 0.3) is 0 Å². The summed E-state index contributed by atoms with van der Waals surface area (Å²) in [5.74, 6) is -1.78. The van der Waals surface area contributed by atoms with Crippen LogP contribution in [0.5, 0.6) is 0 Å². The van der Waals surface area contributed by atoms with Crippen LogP contribution in [0, 0.1) is 11.6 Å². The lowest BCUT2D eigenvalue weighted by atomic mass is 10.2. The summed E-state index contributed by atoms with van der Waals surface area (Å²) in [4.78, 5) is 25.3. The van der Waals surface area contributed by atoms with Gasteiger partial charge < -0.3 is 10.6 Å². The Balaban J connectivity index is 1.59. The van der Waals surface area contributed by atoms with E-state index >= 15 is 0 Å². The van der Waals surface area contributed by atoms with Gasteiger partial charge in [0.05, 0.1) is 11.4 Å². The fourth-order valence-corrected chi connectivity index (χ4v) is 3.62. The first-order chi connectivity index (χ1) is 12.0. The quantitative estimate of drug-likeness (QED) is 0.636. The van der Waals surface area contributed by atoms with E-state index in [0.717, 1.165) is 17.0 Å². The topological polar surface area (TPSA) is 58.2 Å². The normalized spacial score (nSPS) is 10.5. The van der Waals surface area contributed by atoms with E-state index in [2.05, 4.69) is 10.6 Å². The first-order valence-corrected chi connectivity index (χ1v) is 8.95. The van der Waals surface area contributed by atoms with Crippen molar-refractivity contribution in [1.29, 1.82) is 0 Å². The van der Waals surface area contributed by atoms with Gasteiger partial charge in [-0.3, -0.25) is 4.79 Å². The molecule has 0 fully saturated rings. The minimum absolute atomic E-state index is 0.0737. The fraction of sp³-hybridized carbons (Fsp3) is 0.0588. The van der Waals surface area contributed by atoms with Gasteiger partial charge >= 0.3 is 6.03 Å². The molecular formula is C17H12F2N2O2S2. The number of carbonyl (C=O) groups is 2. The van der Waals surface area contributed by atoms with Crippen molar-refractivity contribution >= 4 is 40.2 Å². The molecule has 2 amide bonds. The van der Waals surface area contributed by atoms with Crippen LogP contribution in [-0.2, 0) is 6.54 Å². The molecule has 3 aromatic rings. The van der Waals surface area contributed by atoms with Crippen LogP contribution in [0.2, 0.25) is 0 Å². The predicted octanol–water partition coefficient (Wildman–Crippen LogP) is 4.64. The molecule has 3 rings (SSSR count). The number of hydrogen-bond donors (Lipinski definition) is 2. The Morgan fingerprint density at radius 2 is 1.80 bits per heavy atom. The second-order valence-electron chi connectivity index (χ2n) is 5.01. The van der Waals surface area contributed by atoms with Gasteiger partial charge in [-0.05, 0) is 35.7 Å². The van der Waals surface area contributed by atoms with Crippen molar-refractivity contribution in [2.75, 3.05) is 5.32 Å². The minimum Gasteiger partial charge on any atom is -0.333 e. The number of nitrogens with one attached hydrogen (secondary N) is 2. The van der Waals surface area contributed by atoms with Crippen molar-refractivity contribution < 1.29 is 18.4 Å². The Labute approximate surface area is 150 Å². The van der Waals surface area contributed by atoms with Crippen molar-refractivity contribution in [2.24, 2.45) is 0 Å². The van der Waals surface area contributed by atoms with Gasteiger partial charge in [-0.2, -0.15) is 11.3 Å². The molecule has 4 nitrogen and oxygen atoms in total. The molecule has 1 aromatic carbocycles. The Morgan fingerprint density at radius 3 is 2.48 bits per heavy atom. The van der Waals surface area contributed by atoms with Crippen LogP contribution in [0.4, 0.5) is 19.3 Å². The third-order valence-electron chi connectivity index (χ3n) is 3.29. The maximum absolute atomic E-state index is 13.5. The van der Waals surface area contributed by atoms with E-state index in [9.17, 15) is 18.4 Å². The molecule has 25 heavy (non-hydrogen) atoms. The van der Waals surface area contributed by atoms with E-state index in [1.807, 2.05) is 5.38 Å². The Bertz CT molecular complexity index is 887. The van der Waals surface area contributed by atoms with Gasteiger partial charge in [0.2, 0.25) is 5.78 Å². The molecule has 2 heterocycles. The molecule has 0 aliphatic rings. The summed E-state index contributed by atoms with van der Waals surface area (Å²) in [6, 6.07) is 7.76. The Morgan fingerprint density at radius 1 is 1.04 bits per heavy atom. The number of halogens is 2. The smallest absolute Gasteiger partial charge is 0.319 e. The monoisotopic (exact) mass is 378 g/mol. The summed E-state index contributed by atoms with van der Waals surface area (Å²) in [6.45, 7) is 0.142. The van der Waals surface area contributed by atoms with Crippen molar-refractivity contribution in [1.82, 2.24) is 5.32 Å². The maximum Gasteiger partial charge on any atom is 0.319 e. The van der Waals surface area contributed by atoms with E-state index in [4.69, 9.17) is 0 Å². The summed E-state index contributed by atoms with van der Waals surface area (Å²) in [5.41, 5.74) is 0.124. The van der Waals surface area contributed by atoms with Gasteiger partial charge in [0.25, 0.3) is 0 Å². The number of urea groups is 1. The SMILES string of the molecule is O=C(NCc1ccc(C(=O)c2ccsc2)s1)Nc1c(F)cccc1F. The number of anilines is 1. The second-order valence-corrected chi connectivity index (χ2v) is 6.96. The van der Waals surface area contributed by atoms with Crippen LogP contribution >= 0.6 is 22.7 Å². The highest BCUT2D eigenvalue weighted by molar-refractivity contribution is 7.14. The zero-order valence-corrected chi connectivity index (χ0v) is 14.3. The predicted molar refractivity (Wildman–Crippen MR) is 94.3 cm³/mol. The standard InChI is InChI=1S/C17H12F2N2O2S2/c18-12-2-1-3-13(19)15(12)21-17(23)20-8-11-4-5-14(25-11)16(22)10-6-7-24-9-10/h1-7,9H,8H2,(H2,20,21,23). The average molecular weight is 378 g/mol. The number of amides is 2. The van der Waals surface area contributed by atoms with Crippen molar-refractivity contribution in [3.05, 3.63) is 74.1 Å². The highest BCUT2D eigenvalue weighted by atomic mass is 32.1. The van der Waals surface area contributed by atoms with E-state index in [1.54, 1.807) is 23.6 Å². The van der Waals surface area contributed by atoms with Gasteiger partial charge in [0.1, 0.15) is 17.3 Å². The minimum atomic E-state index is -0.852. The van der Waals surface area contributed by atoms with E-state index < -0.39 is 23.4 Å². The highest BCUT2D eigenvalue weighted by Gasteiger charge is 2.14. The van der Waals surface area contributed by atoms with Crippen LogP contribution in [-0.4, -0.2) is 11.8 Å². The molecule has 2 N–H and O–H groups in total. The number of carbonyl (C=O) groups excluding carboxylic acids is 2. The first kappa shape index (κ1) is 17.2. The second kappa shape index (κ2) is 7.54. The van der Waals surface area contributed by atoms with Crippen LogP contribution in [0.15, 0.2) is 47.2 Å². The molecule has 0 saturated carbocycles. The lowest BCUT2D eigenvalue weighted by molar-refractivity contribution is 0.104. The van der Waals surface area contributed by atoms with E-state index in [-0.39, 0.29) is 12.3 Å². The fourth-order valence-electron chi connectivity index (χ4n) is 2.07. The van der Waals surface area contributed by atoms with Gasteiger partial charge in [-0.15, -0.1) is 11.3 Å². The number of ketones is 1. The Kier molecular flexibility index (Phi) is 5.20. The number of hydrogen-bond acceptors (Lipinski definition) is 4. The number of benzene rings is 1. The molecule has 0 radical (unpaired) electrons.